The Morgan fingerprint density at radius 2 is 1.79 bits per heavy atom. The van der Waals surface area contributed by atoms with Crippen LogP contribution in [0, 0.1) is 26.7 Å². The Morgan fingerprint density at radius 1 is 1.14 bits per heavy atom. The molecule has 0 radical (unpaired) electrons. The van der Waals surface area contributed by atoms with E-state index in [2.05, 4.69) is 32.9 Å². The molecule has 1 aromatic rings. The Hall–Kier alpha value is -0.820. The van der Waals surface area contributed by atoms with E-state index >= 15 is 0 Å². The third-order valence-corrected chi connectivity index (χ3v) is 3.44. The van der Waals surface area contributed by atoms with Gasteiger partial charge >= 0.3 is 0 Å². The van der Waals surface area contributed by atoms with E-state index in [1.807, 2.05) is 0 Å². The molecule has 0 saturated heterocycles. The first-order chi connectivity index (χ1) is 6.63. The van der Waals surface area contributed by atoms with Gasteiger partial charge in [0.15, 0.2) is 0 Å². The Kier molecular flexibility index (Phi) is 2.36. The van der Waals surface area contributed by atoms with Crippen molar-refractivity contribution in [2.45, 2.75) is 33.1 Å². The molecule has 1 aliphatic carbocycles. The molecule has 0 bridgehead atoms. The van der Waals surface area contributed by atoms with Crippen molar-refractivity contribution in [3.8, 4) is 0 Å². The van der Waals surface area contributed by atoms with Crippen LogP contribution in [0.3, 0.4) is 0 Å². The minimum Gasteiger partial charge on any atom is -0.396 e. The lowest BCUT2D eigenvalue weighted by Gasteiger charge is -2.09. The fraction of sp³-hybridized carbons (Fsp3) is 0.538. The normalized spacial score (nSPS) is 25.1. The zero-order valence-electron chi connectivity index (χ0n) is 9.17. The molecule has 1 saturated carbocycles. The molecule has 0 aliphatic heterocycles. The number of hydrogen-bond acceptors (Lipinski definition) is 1. The second kappa shape index (κ2) is 3.39. The average molecular weight is 190 g/mol. The van der Waals surface area contributed by atoms with Gasteiger partial charge in [-0.25, -0.2) is 0 Å². The van der Waals surface area contributed by atoms with Crippen molar-refractivity contribution in [1.82, 2.24) is 0 Å². The van der Waals surface area contributed by atoms with Crippen LogP contribution in [0.5, 0.6) is 0 Å². The van der Waals surface area contributed by atoms with Crippen molar-refractivity contribution < 1.29 is 5.11 Å². The summed E-state index contributed by atoms with van der Waals surface area (Å²) in [6, 6.07) is 4.56. The van der Waals surface area contributed by atoms with Gasteiger partial charge < -0.3 is 5.11 Å². The highest BCUT2D eigenvalue weighted by atomic mass is 16.3. The molecular weight excluding hydrogens is 172 g/mol. The van der Waals surface area contributed by atoms with Gasteiger partial charge in [-0.2, -0.15) is 0 Å². The number of rotatable bonds is 2. The van der Waals surface area contributed by atoms with E-state index in [-0.39, 0.29) is 0 Å². The first-order valence-corrected chi connectivity index (χ1v) is 5.32. The second-order valence-corrected chi connectivity index (χ2v) is 4.58. The lowest BCUT2D eigenvalue weighted by atomic mass is 9.97. The Morgan fingerprint density at radius 3 is 2.36 bits per heavy atom. The second-order valence-electron chi connectivity index (χ2n) is 4.58. The lowest BCUT2D eigenvalue weighted by molar-refractivity contribution is 0.274. The third-order valence-electron chi connectivity index (χ3n) is 3.44. The first kappa shape index (κ1) is 9.72. The Bertz CT molecular complexity index is 354. The topological polar surface area (TPSA) is 20.2 Å². The summed E-state index contributed by atoms with van der Waals surface area (Å²) in [5.41, 5.74) is 5.57. The summed E-state index contributed by atoms with van der Waals surface area (Å²) < 4.78 is 0. The van der Waals surface area contributed by atoms with Gasteiger partial charge in [0.1, 0.15) is 0 Å². The van der Waals surface area contributed by atoms with Crippen LogP contribution in [0.4, 0.5) is 0 Å². The number of aliphatic hydroxyl groups excluding tert-OH is 1. The molecule has 14 heavy (non-hydrogen) atoms. The van der Waals surface area contributed by atoms with Gasteiger partial charge in [0.05, 0.1) is 0 Å². The molecule has 1 aliphatic rings. The summed E-state index contributed by atoms with van der Waals surface area (Å²) in [6.07, 6.45) is 1.17. The largest absolute Gasteiger partial charge is 0.396 e. The van der Waals surface area contributed by atoms with E-state index in [1.165, 1.54) is 28.7 Å². The summed E-state index contributed by atoms with van der Waals surface area (Å²) >= 11 is 0. The first-order valence-electron chi connectivity index (χ1n) is 5.32. The van der Waals surface area contributed by atoms with Crippen molar-refractivity contribution in [1.29, 1.82) is 0 Å². The number of benzene rings is 1. The van der Waals surface area contributed by atoms with Crippen molar-refractivity contribution >= 4 is 0 Å². The zero-order chi connectivity index (χ0) is 10.3. The van der Waals surface area contributed by atoms with E-state index in [4.69, 9.17) is 5.11 Å². The van der Waals surface area contributed by atoms with E-state index in [0.29, 0.717) is 18.4 Å². The molecule has 2 unspecified atom stereocenters. The van der Waals surface area contributed by atoms with Crippen LogP contribution < -0.4 is 0 Å². The number of aryl methyl sites for hydroxylation is 3. The van der Waals surface area contributed by atoms with Gasteiger partial charge in [0, 0.05) is 6.61 Å². The van der Waals surface area contributed by atoms with Gasteiger partial charge in [0.2, 0.25) is 0 Å². The van der Waals surface area contributed by atoms with Gasteiger partial charge in [0.25, 0.3) is 0 Å². The summed E-state index contributed by atoms with van der Waals surface area (Å²) in [6.45, 7) is 6.84. The van der Waals surface area contributed by atoms with Crippen molar-refractivity contribution in [3.05, 3.63) is 34.4 Å². The minimum absolute atomic E-state index is 0.344. The minimum atomic E-state index is 0.344. The van der Waals surface area contributed by atoms with Crippen LogP contribution in [0.25, 0.3) is 0 Å². The summed E-state index contributed by atoms with van der Waals surface area (Å²) in [5, 5.41) is 9.05. The molecule has 0 spiro atoms. The van der Waals surface area contributed by atoms with Crippen molar-refractivity contribution in [3.63, 3.8) is 0 Å². The van der Waals surface area contributed by atoms with E-state index in [1.54, 1.807) is 0 Å². The molecule has 2 rings (SSSR count). The maximum absolute atomic E-state index is 9.05. The van der Waals surface area contributed by atoms with Gasteiger partial charge in [-0.15, -0.1) is 0 Å². The molecule has 1 fully saturated rings. The van der Waals surface area contributed by atoms with E-state index in [9.17, 15) is 0 Å². The Labute approximate surface area is 85.8 Å². The highest BCUT2D eigenvalue weighted by Gasteiger charge is 2.38. The molecule has 0 heterocycles. The molecule has 1 N–H and O–H groups in total. The quantitative estimate of drug-likeness (QED) is 0.760. The SMILES string of the molecule is Cc1cc(C)c(C2CC2CO)cc1C. The van der Waals surface area contributed by atoms with E-state index in [0.717, 1.165) is 0 Å². The number of aliphatic hydroxyl groups is 1. The van der Waals surface area contributed by atoms with Crippen LogP contribution in [0.1, 0.15) is 34.6 Å². The van der Waals surface area contributed by atoms with Crippen LogP contribution in [-0.4, -0.2) is 11.7 Å². The fourth-order valence-corrected chi connectivity index (χ4v) is 2.21. The van der Waals surface area contributed by atoms with Crippen LogP contribution in [0.2, 0.25) is 0 Å². The molecule has 0 amide bonds. The zero-order valence-corrected chi connectivity index (χ0v) is 9.17. The Balaban J connectivity index is 2.31. The average Bonchev–Trinajstić information content (AvgIpc) is 2.90. The third kappa shape index (κ3) is 1.57. The predicted octanol–water partition coefficient (Wildman–Crippen LogP) is 2.71. The van der Waals surface area contributed by atoms with Crippen LogP contribution >= 0.6 is 0 Å². The van der Waals surface area contributed by atoms with Gasteiger partial charge in [-0.05, 0) is 61.3 Å². The standard InChI is InChI=1S/C13H18O/c1-8-4-10(3)12(5-9(8)2)13-6-11(13)7-14/h4-5,11,13-14H,6-7H2,1-3H3. The monoisotopic (exact) mass is 190 g/mol. The lowest BCUT2D eigenvalue weighted by Crippen LogP contribution is -1.94. The molecule has 1 aromatic carbocycles. The smallest absolute Gasteiger partial charge is 0.0465 e. The van der Waals surface area contributed by atoms with Gasteiger partial charge in [-0.3, -0.25) is 0 Å². The summed E-state index contributed by atoms with van der Waals surface area (Å²) in [4.78, 5) is 0. The molecule has 0 aromatic heterocycles. The summed E-state index contributed by atoms with van der Waals surface area (Å²) in [7, 11) is 0. The molecular formula is C13H18O. The molecule has 1 nitrogen and oxygen atoms in total. The molecule has 1 heteroatoms. The van der Waals surface area contributed by atoms with Crippen molar-refractivity contribution in [2.24, 2.45) is 5.92 Å². The van der Waals surface area contributed by atoms with E-state index < -0.39 is 0 Å². The molecule has 2 atom stereocenters. The highest BCUT2D eigenvalue weighted by Crippen LogP contribution is 2.48. The fourth-order valence-electron chi connectivity index (χ4n) is 2.21. The van der Waals surface area contributed by atoms with Crippen LogP contribution in [-0.2, 0) is 0 Å². The van der Waals surface area contributed by atoms with Crippen molar-refractivity contribution in [2.75, 3.05) is 6.61 Å². The highest BCUT2D eigenvalue weighted by molar-refractivity contribution is 5.40. The van der Waals surface area contributed by atoms with Crippen LogP contribution in [0.15, 0.2) is 12.1 Å². The maximum atomic E-state index is 9.05. The predicted molar refractivity (Wildman–Crippen MR) is 58.6 cm³/mol. The number of hydrogen-bond donors (Lipinski definition) is 1. The molecule has 76 valence electrons. The van der Waals surface area contributed by atoms with Gasteiger partial charge in [-0.1, -0.05) is 12.1 Å². The maximum Gasteiger partial charge on any atom is 0.0465 e. The summed E-state index contributed by atoms with van der Waals surface area (Å²) in [5.74, 6) is 1.15.